The highest BCUT2D eigenvalue weighted by Gasteiger charge is 2.16. The van der Waals surface area contributed by atoms with Gasteiger partial charge in [0.2, 0.25) is 0 Å². The van der Waals surface area contributed by atoms with Gasteiger partial charge in [-0.25, -0.2) is 0 Å². The van der Waals surface area contributed by atoms with E-state index in [2.05, 4.69) is 31.4 Å². The fourth-order valence-corrected chi connectivity index (χ4v) is 2.22. The van der Waals surface area contributed by atoms with Crippen molar-refractivity contribution in [3.63, 3.8) is 0 Å². The van der Waals surface area contributed by atoms with Crippen molar-refractivity contribution >= 4 is 27.9 Å². The molecule has 0 saturated carbocycles. The van der Waals surface area contributed by atoms with Crippen LogP contribution in [-0.2, 0) is 0 Å². The van der Waals surface area contributed by atoms with Gasteiger partial charge in [0.1, 0.15) is 11.5 Å². The molecule has 3 aromatic rings. The third-order valence-electron chi connectivity index (χ3n) is 3.04. The molecule has 1 aromatic carbocycles. The number of carbonyl (C=O) groups is 1. The number of furan rings is 1. The average molecular weight is 394 g/mol. The molecule has 0 unspecified atom stereocenters. The van der Waals surface area contributed by atoms with Crippen molar-refractivity contribution in [3.8, 4) is 23.1 Å². The molecule has 0 radical (unpaired) electrons. The van der Waals surface area contributed by atoms with Crippen LogP contribution in [0, 0.1) is 0 Å². The van der Waals surface area contributed by atoms with E-state index in [1.165, 1.54) is 14.2 Å². The Morgan fingerprint density at radius 3 is 2.38 bits per heavy atom. The van der Waals surface area contributed by atoms with Crippen molar-refractivity contribution in [2.45, 2.75) is 0 Å². The monoisotopic (exact) mass is 393 g/mol. The van der Waals surface area contributed by atoms with Crippen molar-refractivity contribution < 1.29 is 23.1 Å². The van der Waals surface area contributed by atoms with Gasteiger partial charge in [0.05, 0.1) is 14.2 Å². The molecule has 0 fully saturated rings. The smallest absolute Gasteiger partial charge is 0.322 e. The SMILES string of the molecule is COc1cc(OC)cc(C(=O)Nc2nnc(-c3ccc(Br)o3)o2)c1. The number of amides is 1. The molecule has 2 heterocycles. The number of rotatable bonds is 5. The molecule has 1 N–H and O–H groups in total. The second-order valence-electron chi connectivity index (χ2n) is 4.57. The lowest BCUT2D eigenvalue weighted by atomic mass is 10.2. The highest BCUT2D eigenvalue weighted by atomic mass is 79.9. The standard InChI is InChI=1S/C15H12BrN3O5/c1-21-9-5-8(6-10(7-9)22-2)13(20)17-15-19-18-14(24-15)11-3-4-12(16)23-11/h3-7H,1-2H3,(H,17,19,20). The zero-order valence-electron chi connectivity index (χ0n) is 12.7. The number of halogens is 1. The van der Waals surface area contributed by atoms with Crippen molar-refractivity contribution in [1.82, 2.24) is 10.2 Å². The molecule has 24 heavy (non-hydrogen) atoms. The van der Waals surface area contributed by atoms with Gasteiger partial charge in [-0.1, -0.05) is 5.10 Å². The second kappa shape index (κ2) is 6.75. The molecule has 0 aliphatic carbocycles. The second-order valence-corrected chi connectivity index (χ2v) is 5.35. The molecule has 0 bridgehead atoms. The highest BCUT2D eigenvalue weighted by molar-refractivity contribution is 9.10. The molecule has 124 valence electrons. The predicted octanol–water partition coefficient (Wildman–Crippen LogP) is 3.36. The zero-order chi connectivity index (χ0) is 17.1. The third kappa shape index (κ3) is 3.40. The van der Waals surface area contributed by atoms with Crippen molar-refractivity contribution in [2.75, 3.05) is 19.5 Å². The Hall–Kier alpha value is -2.81. The van der Waals surface area contributed by atoms with Gasteiger partial charge < -0.3 is 18.3 Å². The fraction of sp³-hybridized carbons (Fsp3) is 0.133. The van der Waals surface area contributed by atoms with Crippen molar-refractivity contribution in [1.29, 1.82) is 0 Å². The van der Waals surface area contributed by atoms with E-state index in [4.69, 9.17) is 18.3 Å². The van der Waals surface area contributed by atoms with Crippen LogP contribution in [0.25, 0.3) is 11.7 Å². The number of nitrogens with zero attached hydrogens (tertiary/aromatic N) is 2. The van der Waals surface area contributed by atoms with Crippen LogP contribution in [0.5, 0.6) is 11.5 Å². The highest BCUT2D eigenvalue weighted by Crippen LogP contribution is 2.26. The minimum Gasteiger partial charge on any atom is -0.497 e. The lowest BCUT2D eigenvalue weighted by Crippen LogP contribution is -2.12. The van der Waals surface area contributed by atoms with Crippen LogP contribution < -0.4 is 14.8 Å². The number of aromatic nitrogens is 2. The number of hydrogen-bond donors (Lipinski definition) is 1. The molecular formula is C15H12BrN3O5. The van der Waals surface area contributed by atoms with Gasteiger partial charge in [0.25, 0.3) is 11.8 Å². The van der Waals surface area contributed by atoms with E-state index in [1.54, 1.807) is 30.3 Å². The van der Waals surface area contributed by atoms with E-state index in [0.717, 1.165) is 0 Å². The third-order valence-corrected chi connectivity index (χ3v) is 3.47. The Morgan fingerprint density at radius 2 is 1.79 bits per heavy atom. The minimum absolute atomic E-state index is 0.0516. The van der Waals surface area contributed by atoms with Gasteiger partial charge in [0.15, 0.2) is 10.4 Å². The number of hydrogen-bond acceptors (Lipinski definition) is 7. The summed E-state index contributed by atoms with van der Waals surface area (Å²) >= 11 is 3.18. The summed E-state index contributed by atoms with van der Waals surface area (Å²) in [5, 5.41) is 10.1. The summed E-state index contributed by atoms with van der Waals surface area (Å²) in [6.07, 6.45) is 0. The maximum absolute atomic E-state index is 12.3. The van der Waals surface area contributed by atoms with Crippen LogP contribution in [0.4, 0.5) is 6.01 Å². The lowest BCUT2D eigenvalue weighted by Gasteiger charge is -2.07. The van der Waals surface area contributed by atoms with Gasteiger partial charge in [-0.2, -0.15) is 0 Å². The zero-order valence-corrected chi connectivity index (χ0v) is 14.3. The van der Waals surface area contributed by atoms with Crippen LogP contribution in [-0.4, -0.2) is 30.3 Å². The summed E-state index contributed by atoms with van der Waals surface area (Å²) in [7, 11) is 3.00. The predicted molar refractivity (Wildman–Crippen MR) is 87.2 cm³/mol. The lowest BCUT2D eigenvalue weighted by molar-refractivity contribution is 0.102. The maximum atomic E-state index is 12.3. The number of methoxy groups -OCH3 is 2. The molecular weight excluding hydrogens is 382 g/mol. The number of nitrogens with one attached hydrogen (secondary N) is 1. The van der Waals surface area contributed by atoms with Crippen LogP contribution in [0.2, 0.25) is 0 Å². The summed E-state index contributed by atoms with van der Waals surface area (Å²) < 4.78 is 21.5. The molecule has 8 nitrogen and oxygen atoms in total. The fourth-order valence-electron chi connectivity index (χ4n) is 1.91. The Balaban J connectivity index is 1.79. The van der Waals surface area contributed by atoms with Gasteiger partial charge in [0, 0.05) is 11.6 Å². The van der Waals surface area contributed by atoms with E-state index >= 15 is 0 Å². The molecule has 0 saturated heterocycles. The largest absolute Gasteiger partial charge is 0.497 e. The molecule has 2 aromatic heterocycles. The number of anilines is 1. The molecule has 9 heteroatoms. The average Bonchev–Trinajstić information content (AvgIpc) is 3.23. The summed E-state index contributed by atoms with van der Waals surface area (Å²) in [4.78, 5) is 12.3. The van der Waals surface area contributed by atoms with Gasteiger partial charge in [-0.3, -0.25) is 10.1 Å². The normalized spacial score (nSPS) is 10.5. The van der Waals surface area contributed by atoms with E-state index in [1.807, 2.05) is 0 Å². The molecule has 0 aliphatic heterocycles. The molecule has 0 atom stereocenters. The molecule has 3 rings (SSSR count). The van der Waals surface area contributed by atoms with Crippen LogP contribution >= 0.6 is 15.9 Å². The van der Waals surface area contributed by atoms with Crippen LogP contribution in [0.3, 0.4) is 0 Å². The van der Waals surface area contributed by atoms with Crippen LogP contribution in [0.1, 0.15) is 10.4 Å². The Bertz CT molecular complexity index is 851. The number of benzene rings is 1. The minimum atomic E-state index is -0.442. The van der Waals surface area contributed by atoms with E-state index in [0.29, 0.717) is 27.5 Å². The molecule has 0 aliphatic rings. The topological polar surface area (TPSA) is 99.6 Å². The van der Waals surface area contributed by atoms with E-state index < -0.39 is 5.91 Å². The maximum Gasteiger partial charge on any atom is 0.322 e. The number of carbonyl (C=O) groups excluding carboxylic acids is 1. The summed E-state index contributed by atoms with van der Waals surface area (Å²) in [6.45, 7) is 0. The Kier molecular flexibility index (Phi) is 4.52. The Morgan fingerprint density at radius 1 is 1.08 bits per heavy atom. The van der Waals surface area contributed by atoms with Gasteiger partial charge >= 0.3 is 6.01 Å². The first kappa shape index (κ1) is 16.1. The summed E-state index contributed by atoms with van der Waals surface area (Å²) in [6, 6.07) is 8.11. The quantitative estimate of drug-likeness (QED) is 0.708. The number of ether oxygens (including phenoxy) is 2. The van der Waals surface area contributed by atoms with Gasteiger partial charge in [-0.05, 0) is 40.2 Å². The first-order chi connectivity index (χ1) is 11.6. The summed E-state index contributed by atoms with van der Waals surface area (Å²) in [5.41, 5.74) is 0.326. The van der Waals surface area contributed by atoms with Crippen LogP contribution in [0.15, 0.2) is 43.8 Å². The molecule has 0 spiro atoms. The Labute approximate surface area is 144 Å². The van der Waals surface area contributed by atoms with E-state index in [-0.39, 0.29) is 11.9 Å². The first-order valence-electron chi connectivity index (χ1n) is 6.72. The summed E-state index contributed by atoms with van der Waals surface area (Å²) in [5.74, 6) is 1.08. The van der Waals surface area contributed by atoms with E-state index in [9.17, 15) is 4.79 Å². The molecule has 1 amide bonds. The van der Waals surface area contributed by atoms with Crippen molar-refractivity contribution in [2.24, 2.45) is 0 Å². The van der Waals surface area contributed by atoms with Gasteiger partial charge in [-0.15, -0.1) is 5.10 Å². The first-order valence-corrected chi connectivity index (χ1v) is 7.52. The van der Waals surface area contributed by atoms with Crippen molar-refractivity contribution in [3.05, 3.63) is 40.6 Å².